The first-order valence-corrected chi connectivity index (χ1v) is 10.3. The van der Waals surface area contributed by atoms with Crippen molar-refractivity contribution < 1.29 is 14.7 Å². The van der Waals surface area contributed by atoms with E-state index in [2.05, 4.69) is 43.2 Å². The molecule has 0 bridgehead atoms. The van der Waals surface area contributed by atoms with Crippen LogP contribution in [0.1, 0.15) is 54.3 Å². The van der Waals surface area contributed by atoms with Crippen molar-refractivity contribution in [2.24, 2.45) is 5.41 Å². The number of aryl methyl sites for hydroxylation is 2. The number of rotatable bonds is 6. The van der Waals surface area contributed by atoms with Crippen molar-refractivity contribution in [1.29, 1.82) is 0 Å². The molecule has 6 nitrogen and oxygen atoms in total. The smallest absolute Gasteiger partial charge is 0.311 e. The third kappa shape index (κ3) is 4.69. The molecule has 0 aliphatic carbocycles. The van der Waals surface area contributed by atoms with Gasteiger partial charge in [0.1, 0.15) is 0 Å². The molecule has 0 spiro atoms. The lowest BCUT2D eigenvalue weighted by molar-refractivity contribution is -0.153. The average molecular weight is 398 g/mol. The molecule has 1 aromatic carbocycles. The normalized spacial score (nSPS) is 19.4. The molecule has 156 valence electrons. The highest BCUT2D eigenvalue weighted by Gasteiger charge is 2.39. The summed E-state index contributed by atoms with van der Waals surface area (Å²) in [5, 5.41) is 14.1. The molecule has 1 fully saturated rings. The van der Waals surface area contributed by atoms with Crippen molar-refractivity contribution in [3.05, 3.63) is 52.3 Å². The Labute approximate surface area is 172 Å². The first kappa shape index (κ1) is 21.1. The number of nitrogens with zero attached hydrogens (tertiary/aromatic N) is 3. The number of carboxylic acids is 1. The van der Waals surface area contributed by atoms with Crippen LogP contribution in [-0.2, 0) is 22.6 Å². The molecule has 2 heterocycles. The zero-order chi connectivity index (χ0) is 21.2. The second-order valence-corrected chi connectivity index (χ2v) is 8.58. The number of benzene rings is 1. The van der Waals surface area contributed by atoms with E-state index in [9.17, 15) is 14.7 Å². The monoisotopic (exact) mass is 397 g/mol. The summed E-state index contributed by atoms with van der Waals surface area (Å²) in [5.74, 6) is -0.790. The molecule has 0 saturated carbocycles. The fourth-order valence-electron chi connectivity index (χ4n) is 4.13. The molecular formula is C23H31N3O3. The number of amides is 1. The Morgan fingerprint density at radius 1 is 1.17 bits per heavy atom. The van der Waals surface area contributed by atoms with Gasteiger partial charge in [-0.3, -0.25) is 14.3 Å². The summed E-state index contributed by atoms with van der Waals surface area (Å²) in [6, 6.07) is 8.43. The summed E-state index contributed by atoms with van der Waals surface area (Å²) in [6.45, 7) is 9.50. The first-order valence-electron chi connectivity index (χ1n) is 10.3. The number of hydrogen-bond donors (Lipinski definition) is 1. The molecule has 3 rings (SSSR count). The van der Waals surface area contributed by atoms with Gasteiger partial charge in [0.15, 0.2) is 0 Å². The molecule has 6 heteroatoms. The Morgan fingerprint density at radius 3 is 2.52 bits per heavy atom. The molecule has 1 aliphatic heterocycles. The number of aliphatic carboxylic acids is 1. The zero-order valence-electron chi connectivity index (χ0n) is 17.9. The summed E-state index contributed by atoms with van der Waals surface area (Å²) in [5.41, 5.74) is 4.76. The summed E-state index contributed by atoms with van der Waals surface area (Å²) in [7, 11) is 0. The minimum Gasteiger partial charge on any atom is -0.481 e. The molecule has 2 aromatic rings. The van der Waals surface area contributed by atoms with E-state index in [1.54, 1.807) is 11.8 Å². The predicted octanol–water partition coefficient (Wildman–Crippen LogP) is 3.50. The topological polar surface area (TPSA) is 75.4 Å². The van der Waals surface area contributed by atoms with Gasteiger partial charge in [-0.2, -0.15) is 5.10 Å². The van der Waals surface area contributed by atoms with E-state index in [1.807, 2.05) is 11.6 Å². The quantitative estimate of drug-likeness (QED) is 0.809. The van der Waals surface area contributed by atoms with Crippen LogP contribution in [-0.4, -0.2) is 44.8 Å². The van der Waals surface area contributed by atoms with E-state index in [-0.39, 0.29) is 5.91 Å². The largest absolute Gasteiger partial charge is 0.481 e. The number of carbonyl (C=O) groups excluding carboxylic acids is 1. The van der Waals surface area contributed by atoms with Crippen molar-refractivity contribution in [3.63, 3.8) is 0 Å². The fourth-order valence-corrected chi connectivity index (χ4v) is 4.13. The molecular weight excluding hydrogens is 366 g/mol. The molecule has 1 atom stereocenters. The number of piperidine rings is 1. The maximum atomic E-state index is 12.7. The maximum absolute atomic E-state index is 12.7. The van der Waals surface area contributed by atoms with Crippen LogP contribution in [0.2, 0.25) is 0 Å². The van der Waals surface area contributed by atoms with Gasteiger partial charge in [-0.15, -0.1) is 0 Å². The molecule has 0 radical (unpaired) electrons. The maximum Gasteiger partial charge on any atom is 0.311 e. The Balaban J connectivity index is 1.64. The van der Waals surface area contributed by atoms with Gasteiger partial charge >= 0.3 is 5.97 Å². The van der Waals surface area contributed by atoms with Crippen LogP contribution in [0, 0.1) is 26.2 Å². The predicted molar refractivity (Wildman–Crippen MR) is 112 cm³/mol. The molecule has 1 N–H and O–H groups in total. The van der Waals surface area contributed by atoms with Gasteiger partial charge in [-0.05, 0) is 58.1 Å². The average Bonchev–Trinajstić information content (AvgIpc) is 2.94. The highest BCUT2D eigenvalue weighted by molar-refractivity contribution is 5.79. The van der Waals surface area contributed by atoms with Gasteiger partial charge < -0.3 is 10.0 Å². The van der Waals surface area contributed by atoms with Crippen molar-refractivity contribution >= 4 is 11.9 Å². The lowest BCUT2D eigenvalue weighted by Gasteiger charge is -2.37. The van der Waals surface area contributed by atoms with E-state index in [0.717, 1.165) is 23.4 Å². The van der Waals surface area contributed by atoms with Gasteiger partial charge in [0.25, 0.3) is 0 Å². The Kier molecular flexibility index (Phi) is 6.10. The summed E-state index contributed by atoms with van der Waals surface area (Å²) in [4.78, 5) is 26.0. The molecule has 1 amide bonds. The Hall–Kier alpha value is -2.63. The lowest BCUT2D eigenvalue weighted by atomic mass is 9.82. The molecule has 1 aliphatic rings. The summed E-state index contributed by atoms with van der Waals surface area (Å²) in [6.07, 6.45) is 2.37. The fraction of sp³-hybridized carbons (Fsp3) is 0.522. The number of aromatic nitrogens is 2. The van der Waals surface area contributed by atoms with Crippen molar-refractivity contribution in [3.8, 4) is 0 Å². The molecule has 29 heavy (non-hydrogen) atoms. The van der Waals surface area contributed by atoms with E-state index < -0.39 is 11.4 Å². The van der Waals surface area contributed by atoms with Crippen molar-refractivity contribution in [2.45, 2.75) is 59.9 Å². The SMILES string of the molecule is Cc1ccc(Cn2nc(C)c(CCC(=O)N3CCCC(C)(C(=O)O)C3)c2C)cc1. The molecule has 1 unspecified atom stereocenters. The van der Waals surface area contributed by atoms with Gasteiger partial charge in [0.2, 0.25) is 5.91 Å². The molecule has 1 saturated heterocycles. The Morgan fingerprint density at radius 2 is 1.86 bits per heavy atom. The highest BCUT2D eigenvalue weighted by atomic mass is 16.4. The second kappa shape index (κ2) is 8.39. The minimum atomic E-state index is -0.835. The van der Waals surface area contributed by atoms with Crippen LogP contribution < -0.4 is 0 Å². The van der Waals surface area contributed by atoms with Crippen molar-refractivity contribution in [1.82, 2.24) is 14.7 Å². The van der Waals surface area contributed by atoms with Crippen LogP contribution in [0.15, 0.2) is 24.3 Å². The van der Waals surface area contributed by atoms with E-state index in [0.29, 0.717) is 38.9 Å². The van der Waals surface area contributed by atoms with Gasteiger partial charge in [0, 0.05) is 25.2 Å². The standard InChI is InChI=1S/C23H31N3O3/c1-16-6-8-19(9-7-16)14-26-18(3)20(17(2)24-26)10-11-21(27)25-13-5-12-23(4,15-25)22(28)29/h6-9H,5,10-15H2,1-4H3,(H,28,29). The number of likely N-dealkylation sites (tertiary alicyclic amines) is 1. The Bertz CT molecular complexity index is 901. The minimum absolute atomic E-state index is 0.0299. The zero-order valence-corrected chi connectivity index (χ0v) is 17.9. The van der Waals surface area contributed by atoms with E-state index in [4.69, 9.17) is 0 Å². The third-order valence-electron chi connectivity index (χ3n) is 6.14. The highest BCUT2D eigenvalue weighted by Crippen LogP contribution is 2.30. The number of carboxylic acid groups (broad SMARTS) is 1. The number of hydrogen-bond acceptors (Lipinski definition) is 3. The van der Waals surface area contributed by atoms with Gasteiger partial charge in [-0.25, -0.2) is 0 Å². The second-order valence-electron chi connectivity index (χ2n) is 8.58. The summed E-state index contributed by atoms with van der Waals surface area (Å²) < 4.78 is 2.00. The van der Waals surface area contributed by atoms with Crippen molar-refractivity contribution in [2.75, 3.05) is 13.1 Å². The van der Waals surface area contributed by atoms with Gasteiger partial charge in [0.05, 0.1) is 17.7 Å². The van der Waals surface area contributed by atoms with Crippen LogP contribution in [0.25, 0.3) is 0 Å². The van der Waals surface area contributed by atoms with E-state index >= 15 is 0 Å². The van der Waals surface area contributed by atoms with Crippen LogP contribution >= 0.6 is 0 Å². The summed E-state index contributed by atoms with van der Waals surface area (Å²) >= 11 is 0. The van der Waals surface area contributed by atoms with Crippen LogP contribution in [0.3, 0.4) is 0 Å². The molecule has 1 aromatic heterocycles. The van der Waals surface area contributed by atoms with Gasteiger partial charge in [-0.1, -0.05) is 29.8 Å². The lowest BCUT2D eigenvalue weighted by Crippen LogP contribution is -2.48. The first-order chi connectivity index (χ1) is 13.7. The number of carbonyl (C=O) groups is 2. The van der Waals surface area contributed by atoms with Crippen LogP contribution in [0.5, 0.6) is 0 Å². The van der Waals surface area contributed by atoms with Crippen LogP contribution in [0.4, 0.5) is 0 Å². The van der Waals surface area contributed by atoms with E-state index in [1.165, 1.54) is 11.1 Å². The third-order valence-corrected chi connectivity index (χ3v) is 6.14.